The Balaban J connectivity index is 1.62. The van der Waals surface area contributed by atoms with Crippen molar-refractivity contribution in [3.05, 3.63) is 54.1 Å². The zero-order valence-electron chi connectivity index (χ0n) is 12.8. The monoisotopic (exact) mass is 350 g/mol. The molecule has 25 heavy (non-hydrogen) atoms. The van der Waals surface area contributed by atoms with Gasteiger partial charge in [0.2, 0.25) is 11.8 Å². The molecular formula is C17H13F3N2O3. The van der Waals surface area contributed by atoms with E-state index in [1.165, 1.54) is 12.1 Å². The number of amides is 2. The van der Waals surface area contributed by atoms with Crippen LogP contribution in [0.3, 0.4) is 0 Å². The topological polar surface area (TPSA) is 67.4 Å². The van der Waals surface area contributed by atoms with Crippen molar-refractivity contribution in [3.63, 3.8) is 0 Å². The smallest absolute Gasteiger partial charge is 0.406 e. The van der Waals surface area contributed by atoms with Gasteiger partial charge in [-0.15, -0.1) is 13.2 Å². The highest BCUT2D eigenvalue weighted by molar-refractivity contribution is 6.06. The summed E-state index contributed by atoms with van der Waals surface area (Å²) in [4.78, 5) is 24.1. The molecule has 0 unspecified atom stereocenters. The van der Waals surface area contributed by atoms with Crippen LogP contribution in [0.15, 0.2) is 48.5 Å². The molecule has 1 heterocycles. The van der Waals surface area contributed by atoms with Gasteiger partial charge < -0.3 is 15.4 Å². The Labute approximate surface area is 140 Å². The van der Waals surface area contributed by atoms with Crippen LogP contribution in [0.2, 0.25) is 0 Å². The van der Waals surface area contributed by atoms with Gasteiger partial charge in [-0.3, -0.25) is 9.59 Å². The van der Waals surface area contributed by atoms with Crippen LogP contribution in [0.25, 0.3) is 0 Å². The van der Waals surface area contributed by atoms with Crippen LogP contribution < -0.4 is 15.4 Å². The summed E-state index contributed by atoms with van der Waals surface area (Å²) in [6.07, 6.45) is -4.84. The molecular weight excluding hydrogens is 337 g/mol. The van der Waals surface area contributed by atoms with Crippen LogP contribution in [0.5, 0.6) is 5.75 Å². The van der Waals surface area contributed by atoms with Crippen LogP contribution in [0.1, 0.15) is 17.9 Å². The average molecular weight is 350 g/mol. The second-order valence-corrected chi connectivity index (χ2v) is 5.45. The number of para-hydroxylation sites is 1. The molecule has 0 aromatic heterocycles. The van der Waals surface area contributed by atoms with Gasteiger partial charge in [0.05, 0.1) is 5.92 Å². The van der Waals surface area contributed by atoms with Crippen molar-refractivity contribution in [2.75, 3.05) is 10.6 Å². The molecule has 2 aromatic rings. The number of fused-ring (bicyclic) bond motifs is 1. The second kappa shape index (κ2) is 6.46. The van der Waals surface area contributed by atoms with Crippen LogP contribution in [0, 0.1) is 0 Å². The summed E-state index contributed by atoms with van der Waals surface area (Å²) in [5.41, 5.74) is 1.74. The van der Waals surface area contributed by atoms with Crippen LogP contribution in [0.4, 0.5) is 24.5 Å². The van der Waals surface area contributed by atoms with E-state index in [-0.39, 0.29) is 18.1 Å². The fourth-order valence-corrected chi connectivity index (χ4v) is 2.62. The molecule has 0 aliphatic carbocycles. The first-order chi connectivity index (χ1) is 11.8. The summed E-state index contributed by atoms with van der Waals surface area (Å²) >= 11 is 0. The lowest BCUT2D eigenvalue weighted by Gasteiger charge is -2.11. The van der Waals surface area contributed by atoms with Gasteiger partial charge in [0, 0.05) is 17.8 Å². The van der Waals surface area contributed by atoms with E-state index < -0.39 is 18.2 Å². The van der Waals surface area contributed by atoms with Gasteiger partial charge in [-0.05, 0) is 35.9 Å². The summed E-state index contributed by atoms with van der Waals surface area (Å²) in [7, 11) is 0. The molecule has 0 saturated carbocycles. The molecule has 0 bridgehead atoms. The van der Waals surface area contributed by atoms with Gasteiger partial charge in [-0.1, -0.05) is 18.2 Å². The molecule has 8 heteroatoms. The molecule has 1 aliphatic heterocycles. The Morgan fingerprint density at radius 1 is 1.12 bits per heavy atom. The van der Waals surface area contributed by atoms with Gasteiger partial charge >= 0.3 is 6.36 Å². The first-order valence-electron chi connectivity index (χ1n) is 7.37. The van der Waals surface area contributed by atoms with Crippen molar-refractivity contribution in [3.8, 4) is 5.75 Å². The van der Waals surface area contributed by atoms with Crippen LogP contribution in [-0.4, -0.2) is 18.2 Å². The average Bonchev–Trinajstić information content (AvgIpc) is 2.84. The van der Waals surface area contributed by atoms with Crippen LogP contribution in [-0.2, 0) is 9.59 Å². The van der Waals surface area contributed by atoms with E-state index in [1.807, 2.05) is 0 Å². The molecule has 3 rings (SSSR count). The number of carbonyl (C=O) groups is 2. The molecule has 5 nitrogen and oxygen atoms in total. The maximum Gasteiger partial charge on any atom is 0.573 e. The van der Waals surface area contributed by atoms with E-state index in [4.69, 9.17) is 0 Å². The van der Waals surface area contributed by atoms with E-state index in [0.29, 0.717) is 11.4 Å². The van der Waals surface area contributed by atoms with Gasteiger partial charge in [0.15, 0.2) is 0 Å². The van der Waals surface area contributed by atoms with E-state index in [0.717, 1.165) is 17.7 Å². The lowest BCUT2D eigenvalue weighted by molar-refractivity contribution is -0.274. The highest BCUT2D eigenvalue weighted by atomic mass is 19.4. The fourth-order valence-electron chi connectivity index (χ4n) is 2.62. The molecule has 1 atom stereocenters. The van der Waals surface area contributed by atoms with Crippen LogP contribution >= 0.6 is 0 Å². The Morgan fingerprint density at radius 2 is 1.80 bits per heavy atom. The summed E-state index contributed by atoms with van der Waals surface area (Å²) in [6, 6.07) is 11.9. The first kappa shape index (κ1) is 16.8. The minimum absolute atomic E-state index is 0.0658. The largest absolute Gasteiger partial charge is 0.573 e. The van der Waals surface area contributed by atoms with E-state index in [9.17, 15) is 22.8 Å². The molecule has 2 aromatic carbocycles. The molecule has 2 N–H and O–H groups in total. The maximum atomic E-state index is 12.1. The van der Waals surface area contributed by atoms with Crippen molar-refractivity contribution in [2.24, 2.45) is 0 Å². The van der Waals surface area contributed by atoms with Crippen molar-refractivity contribution in [1.29, 1.82) is 0 Å². The molecule has 2 amide bonds. The molecule has 0 fully saturated rings. The second-order valence-electron chi connectivity index (χ2n) is 5.45. The summed E-state index contributed by atoms with van der Waals surface area (Å²) in [6.45, 7) is 0. The summed E-state index contributed by atoms with van der Waals surface area (Å²) in [5, 5.41) is 5.26. The van der Waals surface area contributed by atoms with E-state index in [2.05, 4.69) is 15.4 Å². The maximum absolute atomic E-state index is 12.1. The third-order valence-corrected chi connectivity index (χ3v) is 3.67. The lowest BCUT2D eigenvalue weighted by Crippen LogP contribution is -2.20. The van der Waals surface area contributed by atoms with Crippen molar-refractivity contribution in [2.45, 2.75) is 18.7 Å². The Morgan fingerprint density at radius 3 is 2.48 bits per heavy atom. The number of nitrogens with one attached hydrogen (secondary N) is 2. The van der Waals surface area contributed by atoms with Gasteiger partial charge in [-0.25, -0.2) is 0 Å². The summed E-state index contributed by atoms with van der Waals surface area (Å²) in [5.74, 6) is -1.65. The number of hydrogen-bond donors (Lipinski definition) is 2. The van der Waals surface area contributed by atoms with Gasteiger partial charge in [0.25, 0.3) is 0 Å². The zero-order valence-corrected chi connectivity index (χ0v) is 12.8. The summed E-state index contributed by atoms with van der Waals surface area (Å²) < 4.78 is 40.1. The highest BCUT2D eigenvalue weighted by Crippen LogP contribution is 2.34. The number of halogens is 3. The van der Waals surface area contributed by atoms with Crippen molar-refractivity contribution >= 4 is 23.2 Å². The molecule has 0 radical (unpaired) electrons. The van der Waals surface area contributed by atoms with Gasteiger partial charge in [0.1, 0.15) is 5.75 Å². The zero-order chi connectivity index (χ0) is 18.0. The number of ether oxygens (including phenoxy) is 1. The minimum Gasteiger partial charge on any atom is -0.406 e. The SMILES string of the molecule is O=C(C[C@H]1C(=O)Nc2ccccc21)Nc1ccc(OC(F)(F)F)cc1. The number of hydrogen-bond acceptors (Lipinski definition) is 3. The number of alkyl halides is 3. The third kappa shape index (κ3) is 4.09. The lowest BCUT2D eigenvalue weighted by atomic mass is 9.97. The number of rotatable bonds is 4. The predicted molar refractivity (Wildman–Crippen MR) is 84.2 cm³/mol. The number of benzene rings is 2. The molecule has 1 aliphatic rings. The minimum atomic E-state index is -4.77. The number of anilines is 2. The normalized spacial score (nSPS) is 16.1. The first-order valence-corrected chi connectivity index (χ1v) is 7.37. The Hall–Kier alpha value is -3.03. The van der Waals surface area contributed by atoms with Crippen molar-refractivity contribution in [1.82, 2.24) is 0 Å². The third-order valence-electron chi connectivity index (χ3n) is 3.67. The molecule has 130 valence electrons. The van der Waals surface area contributed by atoms with Gasteiger partial charge in [-0.2, -0.15) is 0 Å². The Kier molecular flexibility index (Phi) is 4.35. The quantitative estimate of drug-likeness (QED) is 0.884. The highest BCUT2D eigenvalue weighted by Gasteiger charge is 2.32. The van der Waals surface area contributed by atoms with Crippen molar-refractivity contribution < 1.29 is 27.5 Å². The predicted octanol–water partition coefficient (Wildman–Crippen LogP) is 3.65. The Bertz CT molecular complexity index is 804. The number of carbonyl (C=O) groups excluding carboxylic acids is 2. The van der Waals surface area contributed by atoms with E-state index in [1.54, 1.807) is 24.3 Å². The molecule has 0 spiro atoms. The standard InChI is InChI=1S/C17H13F3N2O3/c18-17(19,20)25-11-7-5-10(6-8-11)21-15(23)9-13-12-3-1-2-4-14(12)22-16(13)24/h1-8,13H,9H2,(H,21,23)(H,22,24)/t13-/m1/s1. The fraction of sp³-hybridized carbons (Fsp3) is 0.176. The van der Waals surface area contributed by atoms with E-state index >= 15 is 0 Å². The molecule has 0 saturated heterocycles.